The number of hydrogen-bond acceptors (Lipinski definition) is 5. The molecule has 0 aliphatic heterocycles. The highest BCUT2D eigenvalue weighted by molar-refractivity contribution is 7.89. The Morgan fingerprint density at radius 3 is 2.65 bits per heavy atom. The van der Waals surface area contributed by atoms with Gasteiger partial charge in [-0.25, -0.2) is 13.1 Å². The first-order valence-electron chi connectivity index (χ1n) is 6.31. The fourth-order valence-corrected chi connectivity index (χ4v) is 3.66. The Hall–Kier alpha value is -1.51. The van der Waals surface area contributed by atoms with Crippen LogP contribution < -0.4 is 4.72 Å². The molecular formula is C12H16N2O5S. The van der Waals surface area contributed by atoms with Crippen LogP contribution in [0, 0.1) is 16.0 Å². The normalized spacial score (nSPS) is 22.9. The number of sulfonamides is 1. The summed E-state index contributed by atoms with van der Waals surface area (Å²) in [6, 6.07) is 5.24. The molecular weight excluding hydrogens is 284 g/mol. The van der Waals surface area contributed by atoms with E-state index in [1.54, 1.807) is 0 Å². The summed E-state index contributed by atoms with van der Waals surface area (Å²) in [6.45, 7) is 0.186. The number of nitro benzene ring substituents is 1. The lowest BCUT2D eigenvalue weighted by Gasteiger charge is -2.11. The molecule has 8 heteroatoms. The minimum atomic E-state index is -3.91. The number of benzene rings is 1. The number of nitrogens with one attached hydrogen (secondary N) is 1. The molecule has 0 aromatic heterocycles. The molecule has 110 valence electrons. The molecule has 20 heavy (non-hydrogen) atoms. The van der Waals surface area contributed by atoms with Crippen molar-refractivity contribution >= 4 is 15.7 Å². The van der Waals surface area contributed by atoms with Crippen molar-refractivity contribution < 1.29 is 18.4 Å². The molecule has 0 spiro atoms. The molecule has 0 amide bonds. The van der Waals surface area contributed by atoms with Crippen molar-refractivity contribution in [3.63, 3.8) is 0 Å². The maximum absolute atomic E-state index is 12.1. The first-order valence-corrected chi connectivity index (χ1v) is 7.79. The van der Waals surface area contributed by atoms with Crippen molar-refractivity contribution in [3.05, 3.63) is 34.4 Å². The van der Waals surface area contributed by atoms with Gasteiger partial charge in [0.25, 0.3) is 5.69 Å². The average molecular weight is 300 g/mol. The van der Waals surface area contributed by atoms with E-state index in [1.807, 2.05) is 0 Å². The average Bonchev–Trinajstić information content (AvgIpc) is 2.82. The van der Waals surface area contributed by atoms with Crippen LogP contribution in [-0.2, 0) is 10.0 Å². The maximum Gasteiger partial charge on any atom is 0.289 e. The van der Waals surface area contributed by atoms with Gasteiger partial charge in [-0.1, -0.05) is 12.1 Å². The van der Waals surface area contributed by atoms with Gasteiger partial charge in [0.15, 0.2) is 4.90 Å². The number of aliphatic hydroxyl groups excluding tert-OH is 1. The Balaban J connectivity index is 2.12. The van der Waals surface area contributed by atoms with Gasteiger partial charge in [0.1, 0.15) is 0 Å². The largest absolute Gasteiger partial charge is 0.393 e. The van der Waals surface area contributed by atoms with E-state index in [2.05, 4.69) is 4.72 Å². The van der Waals surface area contributed by atoms with Gasteiger partial charge in [0.05, 0.1) is 11.0 Å². The number of rotatable bonds is 5. The molecule has 0 saturated heterocycles. The molecule has 1 aromatic rings. The van der Waals surface area contributed by atoms with Gasteiger partial charge in [-0.2, -0.15) is 0 Å². The van der Waals surface area contributed by atoms with Crippen molar-refractivity contribution in [1.82, 2.24) is 4.72 Å². The summed E-state index contributed by atoms with van der Waals surface area (Å²) in [5.41, 5.74) is -0.438. The number of aliphatic hydroxyl groups is 1. The first kappa shape index (κ1) is 14.9. The van der Waals surface area contributed by atoms with E-state index < -0.39 is 20.6 Å². The van der Waals surface area contributed by atoms with Crippen LogP contribution in [-0.4, -0.2) is 31.1 Å². The fraction of sp³-hybridized carbons (Fsp3) is 0.500. The van der Waals surface area contributed by atoms with Crippen molar-refractivity contribution in [2.45, 2.75) is 30.3 Å². The van der Waals surface area contributed by atoms with Gasteiger partial charge < -0.3 is 5.11 Å². The lowest BCUT2D eigenvalue weighted by Crippen LogP contribution is -2.29. The Kier molecular flexibility index (Phi) is 4.36. The molecule has 2 rings (SSSR count). The maximum atomic E-state index is 12.1. The zero-order chi connectivity index (χ0) is 14.8. The van der Waals surface area contributed by atoms with Gasteiger partial charge in [-0.15, -0.1) is 0 Å². The van der Waals surface area contributed by atoms with Crippen LogP contribution in [0.25, 0.3) is 0 Å². The van der Waals surface area contributed by atoms with Gasteiger partial charge >= 0.3 is 0 Å². The van der Waals surface area contributed by atoms with Crippen molar-refractivity contribution in [2.24, 2.45) is 5.92 Å². The number of nitrogens with zero attached hydrogens (tertiary/aromatic N) is 1. The van der Waals surface area contributed by atoms with Gasteiger partial charge in [-0.3, -0.25) is 10.1 Å². The topological polar surface area (TPSA) is 110 Å². The van der Waals surface area contributed by atoms with E-state index in [1.165, 1.54) is 18.2 Å². The van der Waals surface area contributed by atoms with Crippen molar-refractivity contribution in [2.75, 3.05) is 6.54 Å². The third-order valence-corrected chi connectivity index (χ3v) is 4.90. The zero-order valence-corrected chi connectivity index (χ0v) is 11.5. The molecule has 0 heterocycles. The Morgan fingerprint density at radius 1 is 1.35 bits per heavy atom. The molecule has 1 aromatic carbocycles. The highest BCUT2D eigenvalue weighted by atomic mass is 32.2. The van der Waals surface area contributed by atoms with E-state index in [0.717, 1.165) is 12.5 Å². The standard InChI is InChI=1S/C12H16N2O5S/c15-10-6-5-9(7-10)8-13-20(18,19)12-4-2-1-3-11(12)14(16)17/h1-4,9-10,13,15H,5-8H2. The molecule has 0 bridgehead atoms. The minimum Gasteiger partial charge on any atom is -0.393 e. The predicted octanol–water partition coefficient (Wildman–Crippen LogP) is 1.03. The van der Waals surface area contributed by atoms with Crippen LogP contribution in [0.15, 0.2) is 29.2 Å². The first-order chi connectivity index (χ1) is 9.40. The smallest absolute Gasteiger partial charge is 0.289 e. The summed E-state index contributed by atoms with van der Waals surface area (Å²) in [6.07, 6.45) is 1.59. The monoisotopic (exact) mass is 300 g/mol. The molecule has 7 nitrogen and oxygen atoms in total. The van der Waals surface area contributed by atoms with E-state index in [9.17, 15) is 23.6 Å². The second-order valence-corrected chi connectivity index (χ2v) is 6.65. The van der Waals surface area contributed by atoms with Crippen molar-refractivity contribution in [3.8, 4) is 0 Å². The van der Waals surface area contributed by atoms with Crippen LogP contribution >= 0.6 is 0 Å². The summed E-state index contributed by atoms with van der Waals surface area (Å²) < 4.78 is 26.6. The van der Waals surface area contributed by atoms with Crippen LogP contribution in [0.3, 0.4) is 0 Å². The van der Waals surface area contributed by atoms with Crippen molar-refractivity contribution in [1.29, 1.82) is 0 Å². The second kappa shape index (κ2) is 5.86. The van der Waals surface area contributed by atoms with E-state index in [-0.39, 0.29) is 23.5 Å². The summed E-state index contributed by atoms with van der Waals surface area (Å²) in [5, 5.41) is 20.2. The Morgan fingerprint density at radius 2 is 2.05 bits per heavy atom. The molecule has 1 fully saturated rings. The Bertz CT molecular complexity index is 602. The van der Waals surface area contributed by atoms with Crippen LogP contribution in [0.5, 0.6) is 0 Å². The molecule has 1 aliphatic carbocycles. The molecule has 1 saturated carbocycles. The van der Waals surface area contributed by atoms with Crippen LogP contribution in [0.2, 0.25) is 0 Å². The molecule has 1 aliphatic rings. The fourth-order valence-electron chi connectivity index (χ4n) is 2.37. The molecule has 2 N–H and O–H groups in total. The second-order valence-electron chi connectivity index (χ2n) is 4.91. The number of para-hydroxylation sites is 1. The summed E-state index contributed by atoms with van der Waals surface area (Å²) >= 11 is 0. The lowest BCUT2D eigenvalue weighted by atomic mass is 10.1. The summed E-state index contributed by atoms with van der Waals surface area (Å²) in [7, 11) is -3.91. The Labute approximate surface area is 116 Å². The predicted molar refractivity (Wildman–Crippen MR) is 71.6 cm³/mol. The van der Waals surface area contributed by atoms with Gasteiger partial charge in [-0.05, 0) is 31.2 Å². The summed E-state index contributed by atoms with van der Waals surface area (Å²) in [4.78, 5) is 9.81. The zero-order valence-electron chi connectivity index (χ0n) is 10.7. The number of nitro groups is 1. The quantitative estimate of drug-likeness (QED) is 0.623. The van der Waals surface area contributed by atoms with Crippen LogP contribution in [0.4, 0.5) is 5.69 Å². The van der Waals surface area contributed by atoms with E-state index >= 15 is 0 Å². The SMILES string of the molecule is O=[N+]([O-])c1ccccc1S(=O)(=O)NCC1CCC(O)C1. The third-order valence-electron chi connectivity index (χ3n) is 3.43. The minimum absolute atomic E-state index is 0.0718. The van der Waals surface area contributed by atoms with E-state index in [4.69, 9.17) is 0 Å². The van der Waals surface area contributed by atoms with Gasteiger partial charge in [0, 0.05) is 12.6 Å². The molecule has 2 atom stereocenters. The van der Waals surface area contributed by atoms with E-state index in [0.29, 0.717) is 12.8 Å². The van der Waals surface area contributed by atoms with Gasteiger partial charge in [0.2, 0.25) is 10.0 Å². The molecule has 0 radical (unpaired) electrons. The lowest BCUT2D eigenvalue weighted by molar-refractivity contribution is -0.387. The molecule has 2 unspecified atom stereocenters. The summed E-state index contributed by atoms with van der Waals surface area (Å²) in [5.74, 6) is 0.0718. The third kappa shape index (κ3) is 3.33. The number of hydrogen-bond donors (Lipinski definition) is 2. The van der Waals surface area contributed by atoms with Crippen LogP contribution in [0.1, 0.15) is 19.3 Å². The highest BCUT2D eigenvalue weighted by Gasteiger charge is 2.28. The highest BCUT2D eigenvalue weighted by Crippen LogP contribution is 2.26.